The molecule has 1 amide bonds. The van der Waals surface area contributed by atoms with Gasteiger partial charge in [0.25, 0.3) is 0 Å². The number of hydrogen-bond acceptors (Lipinski definition) is 7. The number of thiophene rings is 1. The first-order chi connectivity index (χ1) is 14.1. The van der Waals surface area contributed by atoms with Gasteiger partial charge >= 0.3 is 0 Å². The number of anilines is 1. The van der Waals surface area contributed by atoms with E-state index < -0.39 is 0 Å². The van der Waals surface area contributed by atoms with Gasteiger partial charge in [0.15, 0.2) is 5.16 Å². The maximum atomic E-state index is 12.6. The zero-order chi connectivity index (χ0) is 20.2. The zero-order valence-corrected chi connectivity index (χ0v) is 18.9. The zero-order valence-electron chi connectivity index (χ0n) is 16.6. The quantitative estimate of drug-likeness (QED) is 0.567. The number of hydrogen-bond donors (Lipinski definition) is 0. The SMILES string of the molecule is CN(Cc1ccc(Cl)s1)C(=O)CSc1nnc(N2CCCC2)n1C[C@@H]1CCCO1. The summed E-state index contributed by atoms with van der Waals surface area (Å²) in [5.41, 5.74) is 0. The van der Waals surface area contributed by atoms with Gasteiger partial charge in [-0.2, -0.15) is 0 Å². The Hall–Kier alpha value is -1.29. The highest BCUT2D eigenvalue weighted by Crippen LogP contribution is 2.28. The highest BCUT2D eigenvalue weighted by molar-refractivity contribution is 7.99. The lowest BCUT2D eigenvalue weighted by Crippen LogP contribution is -2.28. The van der Waals surface area contributed by atoms with Crippen molar-refractivity contribution in [2.75, 3.05) is 37.4 Å². The van der Waals surface area contributed by atoms with E-state index in [-0.39, 0.29) is 12.0 Å². The first kappa shape index (κ1) is 21.0. The second-order valence-corrected chi connectivity index (χ2v) is 10.2. The van der Waals surface area contributed by atoms with Crippen molar-refractivity contribution in [3.05, 3.63) is 21.3 Å². The van der Waals surface area contributed by atoms with E-state index in [4.69, 9.17) is 16.3 Å². The number of ether oxygens (including phenoxy) is 1. The average molecular weight is 456 g/mol. The van der Waals surface area contributed by atoms with Crippen LogP contribution in [0.2, 0.25) is 4.34 Å². The molecule has 4 rings (SSSR count). The molecule has 0 aliphatic carbocycles. The maximum Gasteiger partial charge on any atom is 0.233 e. The van der Waals surface area contributed by atoms with Crippen LogP contribution in [0.1, 0.15) is 30.6 Å². The summed E-state index contributed by atoms with van der Waals surface area (Å²) in [6.45, 7) is 4.17. The first-order valence-corrected chi connectivity index (χ1v) is 12.2. The molecule has 0 N–H and O–H groups in total. The van der Waals surface area contributed by atoms with Gasteiger partial charge in [-0.3, -0.25) is 9.36 Å². The van der Waals surface area contributed by atoms with Crippen molar-refractivity contribution in [3.8, 4) is 0 Å². The van der Waals surface area contributed by atoms with E-state index in [9.17, 15) is 4.79 Å². The van der Waals surface area contributed by atoms with Crippen LogP contribution in [0.4, 0.5) is 5.95 Å². The minimum absolute atomic E-state index is 0.0638. The highest BCUT2D eigenvalue weighted by Gasteiger charge is 2.25. The van der Waals surface area contributed by atoms with E-state index in [1.807, 2.05) is 19.2 Å². The lowest BCUT2D eigenvalue weighted by molar-refractivity contribution is -0.127. The van der Waals surface area contributed by atoms with Crippen LogP contribution >= 0.6 is 34.7 Å². The molecule has 0 bridgehead atoms. The normalized spacial score (nSPS) is 19.2. The minimum atomic E-state index is 0.0638. The molecular weight excluding hydrogens is 430 g/mol. The number of carbonyl (C=O) groups excluding carboxylic acids is 1. The van der Waals surface area contributed by atoms with Gasteiger partial charge in [-0.1, -0.05) is 23.4 Å². The van der Waals surface area contributed by atoms with E-state index >= 15 is 0 Å². The Bertz CT molecular complexity index is 830. The van der Waals surface area contributed by atoms with Crippen LogP contribution in [0.5, 0.6) is 0 Å². The van der Waals surface area contributed by atoms with E-state index in [0.717, 1.165) is 59.4 Å². The molecular formula is C19H26ClN5O2S2. The standard InChI is InChI=1S/C19H26ClN5O2S2/c1-23(12-15-6-7-16(20)29-15)17(26)13-28-19-22-21-18(24-8-2-3-9-24)25(19)11-14-5-4-10-27-14/h6-7,14H,2-5,8-13H2,1H3/t14-/m0/s1. The molecule has 0 radical (unpaired) electrons. The Morgan fingerprint density at radius 2 is 2.17 bits per heavy atom. The molecule has 0 spiro atoms. The molecule has 2 fully saturated rings. The van der Waals surface area contributed by atoms with Crippen LogP contribution in [-0.2, 0) is 22.6 Å². The van der Waals surface area contributed by atoms with E-state index in [1.54, 1.807) is 4.90 Å². The molecule has 4 heterocycles. The highest BCUT2D eigenvalue weighted by atomic mass is 35.5. The van der Waals surface area contributed by atoms with Crippen molar-refractivity contribution >= 4 is 46.6 Å². The number of carbonyl (C=O) groups is 1. The summed E-state index contributed by atoms with van der Waals surface area (Å²) in [6.07, 6.45) is 4.74. The molecule has 2 saturated heterocycles. The number of halogens is 1. The summed E-state index contributed by atoms with van der Waals surface area (Å²) in [7, 11) is 1.82. The van der Waals surface area contributed by atoms with E-state index in [1.165, 1.54) is 35.9 Å². The lowest BCUT2D eigenvalue weighted by Gasteiger charge is -2.20. The van der Waals surface area contributed by atoms with Gasteiger partial charge in [0.1, 0.15) is 0 Å². The van der Waals surface area contributed by atoms with Gasteiger partial charge in [-0.25, -0.2) is 0 Å². The Balaban J connectivity index is 1.40. The van der Waals surface area contributed by atoms with Crippen molar-refractivity contribution < 1.29 is 9.53 Å². The average Bonchev–Trinajstić information content (AvgIpc) is 3.49. The van der Waals surface area contributed by atoms with Gasteiger partial charge < -0.3 is 14.5 Å². The van der Waals surface area contributed by atoms with E-state index in [0.29, 0.717) is 12.3 Å². The molecule has 29 heavy (non-hydrogen) atoms. The van der Waals surface area contributed by atoms with E-state index in [2.05, 4.69) is 19.7 Å². The van der Waals surface area contributed by atoms with Gasteiger partial charge in [0.05, 0.1) is 29.3 Å². The number of aromatic nitrogens is 3. The summed E-state index contributed by atoms with van der Waals surface area (Å²) in [6, 6.07) is 3.83. The number of rotatable bonds is 8. The molecule has 2 aliphatic heterocycles. The second-order valence-electron chi connectivity index (χ2n) is 7.47. The smallest absolute Gasteiger partial charge is 0.233 e. The largest absolute Gasteiger partial charge is 0.376 e. The summed E-state index contributed by atoms with van der Waals surface area (Å²) in [5.74, 6) is 1.31. The topological polar surface area (TPSA) is 63.5 Å². The maximum absolute atomic E-state index is 12.6. The Kier molecular flexibility index (Phi) is 7.00. The predicted octanol–water partition coefficient (Wildman–Crippen LogP) is 3.52. The molecule has 1 atom stereocenters. The van der Waals surface area contributed by atoms with Crippen LogP contribution in [-0.4, -0.2) is 64.2 Å². The Morgan fingerprint density at radius 1 is 1.34 bits per heavy atom. The number of nitrogens with zero attached hydrogens (tertiary/aromatic N) is 5. The Labute approximate surface area is 184 Å². The molecule has 2 aliphatic rings. The van der Waals surface area contributed by atoms with Crippen molar-refractivity contribution in [2.24, 2.45) is 0 Å². The van der Waals surface area contributed by atoms with Gasteiger partial charge in [-0.05, 0) is 37.8 Å². The summed E-state index contributed by atoms with van der Waals surface area (Å²) in [5, 5.41) is 9.67. The van der Waals surface area contributed by atoms with Crippen molar-refractivity contribution in [1.82, 2.24) is 19.7 Å². The van der Waals surface area contributed by atoms with Gasteiger partial charge in [0, 0.05) is 31.6 Å². The van der Waals surface area contributed by atoms with Crippen LogP contribution in [0, 0.1) is 0 Å². The fraction of sp³-hybridized carbons (Fsp3) is 0.632. The molecule has 0 unspecified atom stereocenters. The molecule has 158 valence electrons. The van der Waals surface area contributed by atoms with Crippen LogP contribution in [0.3, 0.4) is 0 Å². The van der Waals surface area contributed by atoms with Crippen molar-refractivity contribution in [2.45, 2.75) is 50.0 Å². The molecule has 2 aromatic rings. The van der Waals surface area contributed by atoms with Crippen molar-refractivity contribution in [3.63, 3.8) is 0 Å². The predicted molar refractivity (Wildman–Crippen MR) is 117 cm³/mol. The molecule has 0 saturated carbocycles. The minimum Gasteiger partial charge on any atom is -0.376 e. The third kappa shape index (κ3) is 5.25. The molecule has 0 aromatic carbocycles. The van der Waals surface area contributed by atoms with Crippen molar-refractivity contribution in [1.29, 1.82) is 0 Å². The summed E-state index contributed by atoms with van der Waals surface area (Å²) >= 11 is 8.95. The second kappa shape index (κ2) is 9.68. The van der Waals surface area contributed by atoms with Gasteiger partial charge in [-0.15, -0.1) is 21.5 Å². The monoisotopic (exact) mass is 455 g/mol. The first-order valence-electron chi connectivity index (χ1n) is 10.0. The van der Waals surface area contributed by atoms with Gasteiger partial charge in [0.2, 0.25) is 11.9 Å². The third-order valence-electron chi connectivity index (χ3n) is 5.27. The fourth-order valence-electron chi connectivity index (χ4n) is 3.69. The molecule has 10 heteroatoms. The van der Waals surface area contributed by atoms with Crippen LogP contribution in [0.25, 0.3) is 0 Å². The Morgan fingerprint density at radius 3 is 2.86 bits per heavy atom. The summed E-state index contributed by atoms with van der Waals surface area (Å²) in [4.78, 5) is 17.7. The third-order valence-corrected chi connectivity index (χ3v) is 7.44. The van der Waals surface area contributed by atoms with Crippen LogP contribution in [0.15, 0.2) is 17.3 Å². The summed E-state index contributed by atoms with van der Waals surface area (Å²) < 4.78 is 8.74. The van der Waals surface area contributed by atoms with Crippen LogP contribution < -0.4 is 4.90 Å². The number of thioether (sulfide) groups is 1. The number of amides is 1. The fourth-order valence-corrected chi connectivity index (χ4v) is 5.71. The lowest BCUT2D eigenvalue weighted by atomic mass is 10.2. The molecule has 7 nitrogen and oxygen atoms in total. The molecule has 2 aromatic heterocycles.